The molecule has 4 heteroatoms. The number of isocyanates is 2. The van der Waals surface area contributed by atoms with Gasteiger partial charge in [-0.3, -0.25) is 0 Å². The minimum atomic E-state index is 0.545. The van der Waals surface area contributed by atoms with Crippen LogP contribution in [0.15, 0.2) is 9.98 Å². The van der Waals surface area contributed by atoms with E-state index in [4.69, 9.17) is 4.79 Å². The summed E-state index contributed by atoms with van der Waals surface area (Å²) in [7, 11) is 0. The first-order valence-electron chi connectivity index (χ1n) is 5.89. The second-order valence-corrected chi connectivity index (χ2v) is 4.43. The Kier molecular flexibility index (Phi) is 5.69. The number of hydrogen-bond acceptors (Lipinski definition) is 4. The zero-order valence-electron chi connectivity index (χ0n) is 9.69. The number of nitrogens with zero attached hydrogens (tertiary/aromatic N) is 2. The third-order valence-electron chi connectivity index (χ3n) is 3.50. The summed E-state index contributed by atoms with van der Waals surface area (Å²) in [5.41, 5.74) is 0. The first-order valence-corrected chi connectivity index (χ1v) is 5.89. The van der Waals surface area contributed by atoms with Crippen LogP contribution in [0, 0.1) is 17.8 Å². The Balaban J connectivity index is 0.000000221. The molecule has 0 heterocycles. The zero-order chi connectivity index (χ0) is 11.8. The van der Waals surface area contributed by atoms with Gasteiger partial charge in [0.05, 0.1) is 6.54 Å². The molecule has 2 bridgehead atoms. The van der Waals surface area contributed by atoms with Crippen molar-refractivity contribution in [3.05, 3.63) is 0 Å². The molecule has 2 aliphatic carbocycles. The van der Waals surface area contributed by atoms with Crippen molar-refractivity contribution in [2.45, 2.75) is 32.6 Å². The van der Waals surface area contributed by atoms with E-state index in [2.05, 4.69) is 9.98 Å². The van der Waals surface area contributed by atoms with Crippen molar-refractivity contribution in [3.63, 3.8) is 0 Å². The summed E-state index contributed by atoms with van der Waals surface area (Å²) in [5.74, 6) is 2.57. The van der Waals surface area contributed by atoms with Crippen LogP contribution in [-0.4, -0.2) is 25.2 Å². The van der Waals surface area contributed by atoms with Crippen LogP contribution in [0.3, 0.4) is 0 Å². The Morgan fingerprint density at radius 2 is 1.88 bits per heavy atom. The van der Waals surface area contributed by atoms with E-state index in [1.54, 1.807) is 13.0 Å². The minimum absolute atomic E-state index is 0.545. The van der Waals surface area contributed by atoms with Gasteiger partial charge in [-0.05, 0) is 43.9 Å². The summed E-state index contributed by atoms with van der Waals surface area (Å²) in [6.07, 6.45) is 8.54. The maximum atomic E-state index is 9.88. The standard InChI is InChI=1S/C9H13NO.C3H5NO/c11-6-10-5-9-4-7-1-2-8(9)3-7;1-2-4-3-5/h7-9H,1-5H2;2H2,1H3. The molecule has 0 saturated heterocycles. The summed E-state index contributed by atoms with van der Waals surface area (Å²) >= 11 is 0. The molecule has 88 valence electrons. The van der Waals surface area contributed by atoms with Gasteiger partial charge in [0.1, 0.15) is 0 Å². The summed E-state index contributed by atoms with van der Waals surface area (Å²) < 4.78 is 0. The number of fused-ring (bicyclic) bond motifs is 2. The molecule has 3 unspecified atom stereocenters. The second-order valence-electron chi connectivity index (χ2n) is 4.43. The lowest BCUT2D eigenvalue weighted by Gasteiger charge is -2.18. The quantitative estimate of drug-likeness (QED) is 0.542. The number of hydrogen-bond donors (Lipinski definition) is 0. The second kappa shape index (κ2) is 7.10. The Bertz CT molecular complexity index is 304. The molecule has 0 aliphatic heterocycles. The molecule has 0 aromatic heterocycles. The molecule has 4 nitrogen and oxygen atoms in total. The Labute approximate surface area is 95.9 Å². The Hall–Kier alpha value is -1.24. The number of aliphatic imine (C=N–C) groups is 2. The van der Waals surface area contributed by atoms with Crippen molar-refractivity contribution >= 4 is 12.2 Å². The van der Waals surface area contributed by atoms with Crippen molar-refractivity contribution in [2.24, 2.45) is 27.7 Å². The van der Waals surface area contributed by atoms with Crippen molar-refractivity contribution in [1.82, 2.24) is 0 Å². The number of rotatable bonds is 3. The molecular weight excluding hydrogens is 204 g/mol. The van der Waals surface area contributed by atoms with Crippen LogP contribution < -0.4 is 0 Å². The highest BCUT2D eigenvalue weighted by atomic mass is 16.1. The molecule has 0 radical (unpaired) electrons. The fourth-order valence-electron chi connectivity index (χ4n) is 2.82. The first-order chi connectivity index (χ1) is 7.81. The van der Waals surface area contributed by atoms with Crippen molar-refractivity contribution in [1.29, 1.82) is 0 Å². The van der Waals surface area contributed by atoms with E-state index < -0.39 is 0 Å². The van der Waals surface area contributed by atoms with E-state index in [1.807, 2.05) is 0 Å². The van der Waals surface area contributed by atoms with Gasteiger partial charge >= 0.3 is 0 Å². The van der Waals surface area contributed by atoms with Crippen molar-refractivity contribution in [3.8, 4) is 0 Å². The third-order valence-corrected chi connectivity index (χ3v) is 3.50. The highest BCUT2D eigenvalue weighted by molar-refractivity contribution is 5.33. The van der Waals surface area contributed by atoms with Gasteiger partial charge in [-0.25, -0.2) is 19.6 Å². The van der Waals surface area contributed by atoms with Gasteiger partial charge in [0, 0.05) is 6.54 Å². The molecule has 0 aromatic rings. The molecule has 2 rings (SSSR count). The zero-order valence-corrected chi connectivity index (χ0v) is 9.69. The molecular formula is C12H18N2O2. The maximum absolute atomic E-state index is 9.88. The van der Waals surface area contributed by atoms with Crippen molar-refractivity contribution in [2.75, 3.05) is 13.1 Å². The lowest BCUT2D eigenvalue weighted by molar-refractivity contribution is 0.341. The topological polar surface area (TPSA) is 58.9 Å². The van der Waals surface area contributed by atoms with Crippen LogP contribution in [0.25, 0.3) is 0 Å². The monoisotopic (exact) mass is 222 g/mol. The van der Waals surface area contributed by atoms with Gasteiger partial charge in [-0.2, -0.15) is 0 Å². The van der Waals surface area contributed by atoms with Crippen LogP contribution in [0.5, 0.6) is 0 Å². The Morgan fingerprint density at radius 1 is 1.12 bits per heavy atom. The molecule has 0 N–H and O–H groups in total. The smallest absolute Gasteiger partial charge is 0.211 e. The Morgan fingerprint density at radius 3 is 2.25 bits per heavy atom. The van der Waals surface area contributed by atoms with Gasteiger partial charge < -0.3 is 0 Å². The summed E-state index contributed by atoms with van der Waals surface area (Å²) in [4.78, 5) is 25.8. The van der Waals surface area contributed by atoms with Gasteiger partial charge in [-0.15, -0.1) is 0 Å². The largest absolute Gasteiger partial charge is 0.234 e. The molecule has 0 amide bonds. The van der Waals surface area contributed by atoms with Crippen LogP contribution in [0.4, 0.5) is 0 Å². The minimum Gasteiger partial charge on any atom is -0.211 e. The fourth-order valence-corrected chi connectivity index (χ4v) is 2.82. The molecule has 16 heavy (non-hydrogen) atoms. The highest BCUT2D eigenvalue weighted by Gasteiger charge is 2.38. The SMILES string of the molecule is CCN=C=O.O=C=NCC1CC2CCC1C2. The van der Waals surface area contributed by atoms with E-state index in [0.717, 1.165) is 24.3 Å². The van der Waals surface area contributed by atoms with Crippen LogP contribution in [-0.2, 0) is 9.59 Å². The molecule has 0 spiro atoms. The van der Waals surface area contributed by atoms with E-state index in [1.165, 1.54) is 31.8 Å². The number of carbonyl (C=O) groups excluding carboxylic acids is 2. The summed E-state index contributed by atoms with van der Waals surface area (Å²) in [6.45, 7) is 3.07. The van der Waals surface area contributed by atoms with Crippen LogP contribution >= 0.6 is 0 Å². The summed E-state index contributed by atoms with van der Waals surface area (Å²) in [6, 6.07) is 0. The van der Waals surface area contributed by atoms with Crippen molar-refractivity contribution < 1.29 is 9.59 Å². The summed E-state index contributed by atoms with van der Waals surface area (Å²) in [5, 5.41) is 0. The molecule has 2 fully saturated rings. The molecule has 2 saturated carbocycles. The average Bonchev–Trinajstić information content (AvgIpc) is 2.90. The van der Waals surface area contributed by atoms with Gasteiger partial charge in [0.2, 0.25) is 12.2 Å². The van der Waals surface area contributed by atoms with E-state index in [-0.39, 0.29) is 0 Å². The first kappa shape index (κ1) is 12.8. The predicted molar refractivity (Wildman–Crippen MR) is 60.6 cm³/mol. The highest BCUT2D eigenvalue weighted by Crippen LogP contribution is 2.48. The lowest BCUT2D eigenvalue weighted by atomic mass is 9.89. The van der Waals surface area contributed by atoms with Gasteiger partial charge in [-0.1, -0.05) is 6.42 Å². The normalized spacial score (nSPS) is 29.7. The van der Waals surface area contributed by atoms with Crippen LogP contribution in [0.2, 0.25) is 0 Å². The molecule has 3 atom stereocenters. The predicted octanol–water partition coefficient (Wildman–Crippen LogP) is 2.10. The maximum Gasteiger partial charge on any atom is 0.234 e. The lowest BCUT2D eigenvalue weighted by Crippen LogP contribution is -2.13. The molecule has 0 aromatic carbocycles. The van der Waals surface area contributed by atoms with Crippen LogP contribution in [0.1, 0.15) is 32.6 Å². The van der Waals surface area contributed by atoms with Gasteiger partial charge in [0.25, 0.3) is 0 Å². The fraction of sp³-hybridized carbons (Fsp3) is 0.833. The van der Waals surface area contributed by atoms with E-state index in [0.29, 0.717) is 6.54 Å². The van der Waals surface area contributed by atoms with E-state index >= 15 is 0 Å². The molecule has 2 aliphatic rings. The third kappa shape index (κ3) is 3.73. The van der Waals surface area contributed by atoms with Gasteiger partial charge in [0.15, 0.2) is 0 Å². The average molecular weight is 222 g/mol. The van der Waals surface area contributed by atoms with E-state index in [9.17, 15) is 4.79 Å².